The second-order valence-electron chi connectivity index (χ2n) is 7.19. The average Bonchev–Trinajstić information content (AvgIpc) is 2.83. The largest absolute Gasteiger partial charge is 0.491 e. The first-order chi connectivity index (χ1) is 16.0. The van der Waals surface area contributed by atoms with Gasteiger partial charge in [0, 0.05) is 36.8 Å². The molecule has 0 spiro atoms. The number of amides is 1. The molecule has 0 saturated carbocycles. The molecule has 7 nitrogen and oxygen atoms in total. The molecule has 0 fully saturated rings. The van der Waals surface area contributed by atoms with Crippen LogP contribution in [0.15, 0.2) is 55.0 Å². The minimum atomic E-state index is -0.805. The van der Waals surface area contributed by atoms with Gasteiger partial charge in [0.25, 0.3) is 5.91 Å². The van der Waals surface area contributed by atoms with Crippen molar-refractivity contribution >= 4 is 22.6 Å². The Bertz CT molecular complexity index is 1310. The van der Waals surface area contributed by atoms with Crippen LogP contribution in [0.3, 0.4) is 0 Å². The first-order valence-electron chi connectivity index (χ1n) is 10.2. The standard InChI is InChI=1S/C24H21F2N5O2/c1-27-24(32)17-7-9-29-22-14(4-3-5-16(17)22)6-8-28-21-12-20(30-13-31-21)15-10-18(25)23(33-2)19(26)11-15/h3-5,7,9-13H,6,8H2,1-2H3,(H,27,32)(H,28,30,31). The molecule has 0 aliphatic carbocycles. The van der Waals surface area contributed by atoms with Crippen LogP contribution in [0.2, 0.25) is 0 Å². The number of methoxy groups -OCH3 is 1. The van der Waals surface area contributed by atoms with Gasteiger partial charge in [-0.1, -0.05) is 18.2 Å². The number of aromatic nitrogens is 3. The summed E-state index contributed by atoms with van der Waals surface area (Å²) in [5.41, 5.74) is 2.94. The Balaban J connectivity index is 1.51. The molecule has 0 aliphatic heterocycles. The van der Waals surface area contributed by atoms with Gasteiger partial charge in [0.1, 0.15) is 12.1 Å². The second-order valence-corrected chi connectivity index (χ2v) is 7.19. The predicted octanol–water partition coefficient (Wildman–Crippen LogP) is 3.99. The Morgan fingerprint density at radius 3 is 2.58 bits per heavy atom. The van der Waals surface area contributed by atoms with Crippen molar-refractivity contribution in [3.05, 3.63) is 77.8 Å². The Hall–Kier alpha value is -4.14. The van der Waals surface area contributed by atoms with Crippen molar-refractivity contribution in [1.82, 2.24) is 20.3 Å². The summed E-state index contributed by atoms with van der Waals surface area (Å²) in [6, 6.07) is 11.4. The van der Waals surface area contributed by atoms with E-state index in [1.54, 1.807) is 25.4 Å². The highest BCUT2D eigenvalue weighted by Gasteiger charge is 2.14. The van der Waals surface area contributed by atoms with Crippen LogP contribution in [0.1, 0.15) is 15.9 Å². The molecular formula is C24H21F2N5O2. The van der Waals surface area contributed by atoms with Crippen molar-refractivity contribution in [3.8, 4) is 17.0 Å². The van der Waals surface area contributed by atoms with Gasteiger partial charge in [-0.15, -0.1) is 0 Å². The molecule has 168 valence electrons. The molecule has 2 aromatic heterocycles. The lowest BCUT2D eigenvalue weighted by atomic mass is 10.0. The predicted molar refractivity (Wildman–Crippen MR) is 121 cm³/mol. The fraction of sp³-hybridized carbons (Fsp3) is 0.167. The molecule has 0 unspecified atom stereocenters. The van der Waals surface area contributed by atoms with Crippen LogP contribution in [-0.4, -0.2) is 41.6 Å². The number of nitrogens with zero attached hydrogens (tertiary/aromatic N) is 3. The molecular weight excluding hydrogens is 428 g/mol. The maximum atomic E-state index is 14.1. The zero-order valence-electron chi connectivity index (χ0n) is 18.0. The molecule has 4 aromatic rings. The van der Waals surface area contributed by atoms with Crippen LogP contribution in [0.4, 0.5) is 14.6 Å². The zero-order chi connectivity index (χ0) is 23.4. The van der Waals surface area contributed by atoms with Crippen LogP contribution < -0.4 is 15.4 Å². The molecule has 2 aromatic carbocycles. The number of hydrogen-bond acceptors (Lipinski definition) is 6. The summed E-state index contributed by atoms with van der Waals surface area (Å²) in [5.74, 6) is -1.71. The van der Waals surface area contributed by atoms with Crippen molar-refractivity contribution in [3.63, 3.8) is 0 Å². The van der Waals surface area contributed by atoms with Crippen molar-refractivity contribution in [1.29, 1.82) is 0 Å². The first-order valence-corrected chi connectivity index (χ1v) is 10.2. The summed E-state index contributed by atoms with van der Waals surface area (Å²) in [5, 5.41) is 6.62. The van der Waals surface area contributed by atoms with Crippen LogP contribution >= 0.6 is 0 Å². The summed E-state index contributed by atoms with van der Waals surface area (Å²) < 4.78 is 32.8. The van der Waals surface area contributed by atoms with E-state index in [-0.39, 0.29) is 11.5 Å². The van der Waals surface area contributed by atoms with Gasteiger partial charge in [-0.2, -0.15) is 0 Å². The number of carbonyl (C=O) groups excluding carboxylic acids is 1. The fourth-order valence-electron chi connectivity index (χ4n) is 3.61. The Labute approximate surface area is 188 Å². The van der Waals surface area contributed by atoms with Crippen molar-refractivity contribution in [2.75, 3.05) is 26.0 Å². The lowest BCUT2D eigenvalue weighted by Crippen LogP contribution is -2.18. The third-order valence-corrected chi connectivity index (χ3v) is 5.19. The van der Waals surface area contributed by atoms with Gasteiger partial charge in [-0.05, 0) is 30.2 Å². The first kappa shape index (κ1) is 22.1. The molecule has 0 atom stereocenters. The van der Waals surface area contributed by atoms with E-state index < -0.39 is 17.4 Å². The Kier molecular flexibility index (Phi) is 6.39. The number of para-hydroxylation sites is 1. The maximum Gasteiger partial charge on any atom is 0.251 e. The van der Waals surface area contributed by atoms with E-state index in [0.29, 0.717) is 30.0 Å². The average molecular weight is 449 g/mol. The number of ether oxygens (including phenoxy) is 1. The van der Waals surface area contributed by atoms with Crippen molar-refractivity contribution < 1.29 is 18.3 Å². The van der Waals surface area contributed by atoms with E-state index in [9.17, 15) is 13.6 Å². The lowest BCUT2D eigenvalue weighted by molar-refractivity contribution is 0.0964. The summed E-state index contributed by atoms with van der Waals surface area (Å²) in [6.45, 7) is 0.521. The number of halogens is 2. The summed E-state index contributed by atoms with van der Waals surface area (Å²) in [4.78, 5) is 24.9. The van der Waals surface area contributed by atoms with Crippen molar-refractivity contribution in [2.45, 2.75) is 6.42 Å². The fourth-order valence-corrected chi connectivity index (χ4v) is 3.61. The van der Waals surface area contributed by atoms with Crippen molar-refractivity contribution in [2.24, 2.45) is 0 Å². The Morgan fingerprint density at radius 2 is 1.85 bits per heavy atom. The highest BCUT2D eigenvalue weighted by atomic mass is 19.1. The summed E-state index contributed by atoms with van der Waals surface area (Å²) in [7, 11) is 2.80. The summed E-state index contributed by atoms with van der Waals surface area (Å²) >= 11 is 0. The number of pyridine rings is 1. The monoisotopic (exact) mass is 449 g/mol. The maximum absolute atomic E-state index is 14.1. The van der Waals surface area contributed by atoms with Gasteiger partial charge in [-0.25, -0.2) is 18.7 Å². The van der Waals surface area contributed by atoms with Crippen LogP contribution in [-0.2, 0) is 6.42 Å². The number of rotatable bonds is 7. The molecule has 2 heterocycles. The van der Waals surface area contributed by atoms with E-state index in [4.69, 9.17) is 4.74 Å². The SMILES string of the molecule is CNC(=O)c1ccnc2c(CCNc3cc(-c4cc(F)c(OC)c(F)c4)ncn3)cccc12. The van der Waals surface area contributed by atoms with E-state index in [2.05, 4.69) is 25.6 Å². The van der Waals surface area contributed by atoms with E-state index in [0.717, 1.165) is 16.5 Å². The molecule has 0 radical (unpaired) electrons. The van der Waals surface area contributed by atoms with Gasteiger partial charge in [0.05, 0.1) is 23.9 Å². The summed E-state index contributed by atoms with van der Waals surface area (Å²) in [6.07, 6.45) is 3.56. The highest BCUT2D eigenvalue weighted by molar-refractivity contribution is 6.06. The third-order valence-electron chi connectivity index (χ3n) is 5.19. The zero-order valence-corrected chi connectivity index (χ0v) is 18.0. The van der Waals surface area contributed by atoms with Crippen LogP contribution in [0.5, 0.6) is 5.75 Å². The van der Waals surface area contributed by atoms with E-state index in [1.165, 1.54) is 25.6 Å². The highest BCUT2D eigenvalue weighted by Crippen LogP contribution is 2.28. The van der Waals surface area contributed by atoms with E-state index >= 15 is 0 Å². The van der Waals surface area contributed by atoms with Crippen LogP contribution in [0.25, 0.3) is 22.2 Å². The second kappa shape index (κ2) is 9.56. The molecule has 0 bridgehead atoms. The third kappa shape index (κ3) is 4.57. The molecule has 4 rings (SSSR count). The van der Waals surface area contributed by atoms with Gasteiger partial charge >= 0.3 is 0 Å². The number of nitrogens with one attached hydrogen (secondary N) is 2. The minimum Gasteiger partial charge on any atom is -0.491 e. The molecule has 9 heteroatoms. The molecule has 2 N–H and O–H groups in total. The molecule has 1 amide bonds. The smallest absolute Gasteiger partial charge is 0.251 e. The lowest BCUT2D eigenvalue weighted by Gasteiger charge is -2.11. The quantitative estimate of drug-likeness (QED) is 0.444. The van der Waals surface area contributed by atoms with Crippen LogP contribution in [0, 0.1) is 11.6 Å². The number of benzene rings is 2. The number of fused-ring (bicyclic) bond motifs is 1. The van der Waals surface area contributed by atoms with Gasteiger partial charge in [0.2, 0.25) is 0 Å². The van der Waals surface area contributed by atoms with Gasteiger partial charge in [-0.3, -0.25) is 9.78 Å². The number of carbonyl (C=O) groups is 1. The normalized spacial score (nSPS) is 10.8. The van der Waals surface area contributed by atoms with Gasteiger partial charge in [0.15, 0.2) is 17.4 Å². The molecule has 0 aliphatic rings. The molecule has 0 saturated heterocycles. The Morgan fingerprint density at radius 1 is 1.06 bits per heavy atom. The van der Waals surface area contributed by atoms with E-state index in [1.807, 2.05) is 18.2 Å². The topological polar surface area (TPSA) is 89.0 Å². The molecule has 33 heavy (non-hydrogen) atoms. The minimum absolute atomic E-state index is 0.169. The number of hydrogen-bond donors (Lipinski definition) is 2. The number of anilines is 1. The van der Waals surface area contributed by atoms with Gasteiger partial charge < -0.3 is 15.4 Å².